The highest BCUT2D eigenvalue weighted by atomic mass is 16.5. The minimum absolute atomic E-state index is 0.281. The third-order valence-corrected chi connectivity index (χ3v) is 4.85. The van der Waals surface area contributed by atoms with Crippen molar-refractivity contribution in [2.24, 2.45) is 7.05 Å². The number of nitrogens with one attached hydrogen (secondary N) is 3. The maximum absolute atomic E-state index is 12.7. The first-order valence-corrected chi connectivity index (χ1v) is 9.21. The molecule has 1 amide bonds. The molecule has 146 valence electrons. The Morgan fingerprint density at radius 1 is 1.30 bits per heavy atom. The number of amides is 1. The third kappa shape index (κ3) is 3.87. The molecule has 0 radical (unpaired) electrons. The fourth-order valence-corrected chi connectivity index (χ4v) is 3.42. The standard InChI is InChI=1S/C18H26N6O3/c1-5-27-17(26)13-10(2)14(20-11(13)3)16(25)22-18-21-15(23-24(18)4)12-6-8-19-9-7-12/h12,19-20H,5-9H2,1-4H3,(H,21,22,23,25). The highest BCUT2D eigenvalue weighted by Gasteiger charge is 2.25. The first-order chi connectivity index (χ1) is 12.9. The number of aromatic amines is 1. The Labute approximate surface area is 157 Å². The van der Waals surface area contributed by atoms with Gasteiger partial charge in [-0.25, -0.2) is 9.48 Å². The van der Waals surface area contributed by atoms with E-state index in [0.29, 0.717) is 34.4 Å². The van der Waals surface area contributed by atoms with Crippen molar-refractivity contribution in [2.75, 3.05) is 25.0 Å². The predicted molar refractivity (Wildman–Crippen MR) is 100 cm³/mol. The minimum atomic E-state index is -0.436. The smallest absolute Gasteiger partial charge is 0.340 e. The van der Waals surface area contributed by atoms with Crippen LogP contribution in [0.25, 0.3) is 0 Å². The molecule has 9 heteroatoms. The molecule has 0 aromatic carbocycles. The average Bonchev–Trinajstić information content (AvgIpc) is 3.15. The van der Waals surface area contributed by atoms with Crippen molar-refractivity contribution < 1.29 is 14.3 Å². The number of aromatic nitrogens is 4. The molecule has 1 fully saturated rings. The second-order valence-corrected chi connectivity index (χ2v) is 6.74. The van der Waals surface area contributed by atoms with E-state index in [-0.39, 0.29) is 12.5 Å². The number of ether oxygens (including phenoxy) is 1. The van der Waals surface area contributed by atoms with Crippen molar-refractivity contribution in [3.8, 4) is 0 Å². The number of H-pyrrole nitrogens is 1. The molecule has 1 aliphatic rings. The number of aryl methyl sites for hydroxylation is 2. The number of esters is 1. The quantitative estimate of drug-likeness (QED) is 0.686. The van der Waals surface area contributed by atoms with Crippen LogP contribution in [0.4, 0.5) is 5.95 Å². The van der Waals surface area contributed by atoms with E-state index in [4.69, 9.17) is 4.74 Å². The summed E-state index contributed by atoms with van der Waals surface area (Å²) in [6.45, 7) is 7.39. The van der Waals surface area contributed by atoms with Crippen LogP contribution in [0.3, 0.4) is 0 Å². The maximum atomic E-state index is 12.7. The Morgan fingerprint density at radius 2 is 2.00 bits per heavy atom. The van der Waals surface area contributed by atoms with Crippen molar-refractivity contribution in [1.82, 2.24) is 25.1 Å². The molecule has 1 aliphatic heterocycles. The number of rotatable bonds is 5. The first kappa shape index (κ1) is 19.1. The lowest BCUT2D eigenvalue weighted by atomic mass is 9.98. The topological polar surface area (TPSA) is 114 Å². The molecule has 2 aromatic rings. The fraction of sp³-hybridized carbons (Fsp3) is 0.556. The molecule has 3 N–H and O–H groups in total. The molecule has 27 heavy (non-hydrogen) atoms. The van der Waals surface area contributed by atoms with Gasteiger partial charge < -0.3 is 15.0 Å². The normalized spacial score (nSPS) is 15.0. The summed E-state index contributed by atoms with van der Waals surface area (Å²) in [6.07, 6.45) is 1.96. The van der Waals surface area contributed by atoms with Crippen molar-refractivity contribution in [2.45, 2.75) is 39.5 Å². The molecular weight excluding hydrogens is 348 g/mol. The van der Waals surface area contributed by atoms with Gasteiger partial charge in [-0.2, -0.15) is 10.1 Å². The predicted octanol–water partition coefficient (Wildman–Crippen LogP) is 1.66. The number of anilines is 1. The van der Waals surface area contributed by atoms with Gasteiger partial charge in [0.05, 0.1) is 12.2 Å². The summed E-state index contributed by atoms with van der Waals surface area (Å²) in [5.41, 5.74) is 1.88. The molecule has 0 saturated carbocycles. The van der Waals surface area contributed by atoms with Crippen molar-refractivity contribution >= 4 is 17.8 Å². The summed E-state index contributed by atoms with van der Waals surface area (Å²) in [5.74, 6) is 0.639. The zero-order valence-electron chi connectivity index (χ0n) is 16.2. The van der Waals surface area contributed by atoms with E-state index in [1.54, 1.807) is 32.5 Å². The summed E-state index contributed by atoms with van der Waals surface area (Å²) < 4.78 is 6.64. The molecule has 0 spiro atoms. The van der Waals surface area contributed by atoms with Crippen molar-refractivity contribution in [1.29, 1.82) is 0 Å². The van der Waals surface area contributed by atoms with Crippen LogP contribution in [-0.4, -0.2) is 51.3 Å². The van der Waals surface area contributed by atoms with Crippen LogP contribution in [0, 0.1) is 13.8 Å². The summed E-state index contributed by atoms with van der Waals surface area (Å²) in [5, 5.41) is 10.6. The van der Waals surface area contributed by atoms with Gasteiger partial charge in [0.25, 0.3) is 5.91 Å². The number of hydrogen-bond donors (Lipinski definition) is 3. The molecule has 0 bridgehead atoms. The zero-order valence-corrected chi connectivity index (χ0v) is 16.2. The molecule has 3 rings (SSSR count). The molecule has 0 atom stereocenters. The molecule has 3 heterocycles. The van der Waals surface area contributed by atoms with E-state index in [2.05, 4.69) is 25.7 Å². The minimum Gasteiger partial charge on any atom is -0.462 e. The van der Waals surface area contributed by atoms with Crippen LogP contribution in [0.1, 0.15) is 63.6 Å². The molecule has 9 nitrogen and oxygen atoms in total. The second kappa shape index (κ2) is 7.91. The van der Waals surface area contributed by atoms with E-state index in [1.165, 1.54) is 0 Å². The Bertz CT molecular complexity index is 848. The van der Waals surface area contributed by atoms with E-state index in [0.717, 1.165) is 31.8 Å². The van der Waals surface area contributed by atoms with E-state index in [1.807, 2.05) is 0 Å². The van der Waals surface area contributed by atoms with Crippen LogP contribution in [0.15, 0.2) is 0 Å². The number of hydrogen-bond acceptors (Lipinski definition) is 6. The monoisotopic (exact) mass is 374 g/mol. The number of carbonyl (C=O) groups is 2. The van der Waals surface area contributed by atoms with Crippen molar-refractivity contribution in [3.63, 3.8) is 0 Å². The van der Waals surface area contributed by atoms with Gasteiger partial charge in [0.2, 0.25) is 5.95 Å². The summed E-state index contributed by atoms with van der Waals surface area (Å²) in [6, 6.07) is 0. The van der Waals surface area contributed by atoms with Gasteiger partial charge in [-0.1, -0.05) is 0 Å². The van der Waals surface area contributed by atoms with Crippen LogP contribution < -0.4 is 10.6 Å². The Hall–Kier alpha value is -2.68. The summed E-state index contributed by atoms with van der Waals surface area (Å²) in [4.78, 5) is 32.3. The van der Waals surface area contributed by atoms with Crippen LogP contribution >= 0.6 is 0 Å². The lowest BCUT2D eigenvalue weighted by molar-refractivity contribution is 0.0525. The summed E-state index contributed by atoms with van der Waals surface area (Å²) in [7, 11) is 1.75. The van der Waals surface area contributed by atoms with E-state index in [9.17, 15) is 9.59 Å². The van der Waals surface area contributed by atoms with Gasteiger partial charge >= 0.3 is 5.97 Å². The Kier molecular flexibility index (Phi) is 5.59. The second-order valence-electron chi connectivity index (χ2n) is 6.74. The maximum Gasteiger partial charge on any atom is 0.340 e. The first-order valence-electron chi connectivity index (χ1n) is 9.21. The lowest BCUT2D eigenvalue weighted by Crippen LogP contribution is -2.27. The van der Waals surface area contributed by atoms with Gasteiger partial charge in [-0.15, -0.1) is 0 Å². The average molecular weight is 374 g/mol. The molecule has 0 unspecified atom stereocenters. The van der Waals surface area contributed by atoms with E-state index < -0.39 is 5.97 Å². The van der Waals surface area contributed by atoms with Gasteiger partial charge in [-0.05, 0) is 52.3 Å². The van der Waals surface area contributed by atoms with Gasteiger partial charge in [0, 0.05) is 18.7 Å². The molecule has 1 saturated heterocycles. The highest BCUT2D eigenvalue weighted by Crippen LogP contribution is 2.24. The SMILES string of the molecule is CCOC(=O)c1c(C)[nH]c(C(=O)Nc2nc(C3CCNCC3)nn2C)c1C. The molecular formula is C18H26N6O3. The van der Waals surface area contributed by atoms with E-state index >= 15 is 0 Å². The summed E-state index contributed by atoms with van der Waals surface area (Å²) >= 11 is 0. The largest absolute Gasteiger partial charge is 0.462 e. The lowest BCUT2D eigenvalue weighted by Gasteiger charge is -2.19. The number of carbonyl (C=O) groups excluding carboxylic acids is 2. The highest BCUT2D eigenvalue weighted by molar-refractivity contribution is 6.06. The fourth-order valence-electron chi connectivity index (χ4n) is 3.42. The van der Waals surface area contributed by atoms with Gasteiger partial charge in [0.1, 0.15) is 5.69 Å². The van der Waals surface area contributed by atoms with Crippen LogP contribution in [-0.2, 0) is 11.8 Å². The third-order valence-electron chi connectivity index (χ3n) is 4.85. The molecule has 0 aliphatic carbocycles. The number of piperidine rings is 1. The number of nitrogens with zero attached hydrogens (tertiary/aromatic N) is 3. The molecule has 2 aromatic heterocycles. The zero-order chi connectivity index (χ0) is 19.6. The van der Waals surface area contributed by atoms with Crippen LogP contribution in [0.2, 0.25) is 0 Å². The Balaban J connectivity index is 1.79. The van der Waals surface area contributed by atoms with Gasteiger partial charge in [0.15, 0.2) is 5.82 Å². The van der Waals surface area contributed by atoms with Crippen molar-refractivity contribution in [3.05, 3.63) is 28.3 Å². The Morgan fingerprint density at radius 3 is 2.67 bits per heavy atom. The van der Waals surface area contributed by atoms with Crippen LogP contribution in [0.5, 0.6) is 0 Å². The van der Waals surface area contributed by atoms with Gasteiger partial charge in [-0.3, -0.25) is 10.1 Å².